The lowest BCUT2D eigenvalue weighted by molar-refractivity contribution is 0.317. The highest BCUT2D eigenvalue weighted by Gasteiger charge is 2.54. The molecule has 0 aromatic rings. The summed E-state index contributed by atoms with van der Waals surface area (Å²) in [4.78, 5) is 2.58. The van der Waals surface area contributed by atoms with Crippen LogP contribution in [0.1, 0.15) is 33.1 Å². The average Bonchev–Trinajstić information content (AvgIpc) is 2.57. The summed E-state index contributed by atoms with van der Waals surface area (Å²) < 4.78 is 0. The first-order valence-corrected chi connectivity index (χ1v) is 5.60. The van der Waals surface area contributed by atoms with Gasteiger partial charge in [0.05, 0.1) is 0 Å². The van der Waals surface area contributed by atoms with Crippen molar-refractivity contribution in [2.75, 3.05) is 19.6 Å². The molecule has 1 heterocycles. The van der Waals surface area contributed by atoms with Crippen LogP contribution in [0.4, 0.5) is 0 Å². The Hall–Kier alpha value is -0.0800. The molecule has 13 heavy (non-hydrogen) atoms. The second kappa shape index (κ2) is 3.25. The molecule has 0 aromatic heterocycles. The molecule has 2 heteroatoms. The van der Waals surface area contributed by atoms with E-state index in [9.17, 15) is 0 Å². The van der Waals surface area contributed by atoms with Crippen LogP contribution < -0.4 is 5.73 Å². The third kappa shape index (κ3) is 1.75. The molecule has 2 fully saturated rings. The van der Waals surface area contributed by atoms with Crippen molar-refractivity contribution in [1.29, 1.82) is 0 Å². The Kier molecular flexibility index (Phi) is 2.37. The minimum absolute atomic E-state index is 0.430. The Balaban J connectivity index is 1.69. The highest BCUT2D eigenvalue weighted by Crippen LogP contribution is 2.52. The molecule has 0 aromatic carbocycles. The summed E-state index contributed by atoms with van der Waals surface area (Å²) in [6.07, 6.45) is 4.12. The molecule has 0 unspecified atom stereocenters. The van der Waals surface area contributed by atoms with Crippen molar-refractivity contribution in [2.45, 2.75) is 39.2 Å². The maximum absolute atomic E-state index is 6.01. The molecule has 2 rings (SSSR count). The van der Waals surface area contributed by atoms with Crippen LogP contribution in [0.5, 0.6) is 0 Å². The fraction of sp³-hybridized carbons (Fsp3) is 1.00. The summed E-state index contributed by atoms with van der Waals surface area (Å²) in [5.74, 6) is 0.785. The van der Waals surface area contributed by atoms with Crippen LogP contribution in [0.25, 0.3) is 0 Å². The van der Waals surface area contributed by atoms with Crippen molar-refractivity contribution in [3.63, 3.8) is 0 Å². The number of nitrogens with zero attached hydrogens (tertiary/aromatic N) is 1. The average molecular weight is 182 g/mol. The maximum atomic E-state index is 6.01. The van der Waals surface area contributed by atoms with Gasteiger partial charge in [-0.1, -0.05) is 13.8 Å². The van der Waals surface area contributed by atoms with Crippen molar-refractivity contribution < 1.29 is 0 Å². The summed E-state index contributed by atoms with van der Waals surface area (Å²) >= 11 is 0. The molecule has 1 aliphatic heterocycles. The lowest BCUT2D eigenvalue weighted by Gasteiger charge is -2.14. The molecule has 2 nitrogen and oxygen atoms in total. The monoisotopic (exact) mass is 182 g/mol. The van der Waals surface area contributed by atoms with E-state index in [1.807, 2.05) is 0 Å². The summed E-state index contributed by atoms with van der Waals surface area (Å²) in [6.45, 7) is 8.52. The van der Waals surface area contributed by atoms with Gasteiger partial charge >= 0.3 is 0 Å². The van der Waals surface area contributed by atoms with Crippen LogP contribution in [-0.4, -0.2) is 30.6 Å². The van der Waals surface area contributed by atoms with E-state index in [1.54, 1.807) is 0 Å². The molecule has 0 bridgehead atoms. The first-order chi connectivity index (χ1) is 6.12. The minimum Gasteiger partial charge on any atom is -0.327 e. The van der Waals surface area contributed by atoms with E-state index in [-0.39, 0.29) is 0 Å². The van der Waals surface area contributed by atoms with Gasteiger partial charge in [-0.05, 0) is 50.2 Å². The lowest BCUT2D eigenvalue weighted by atomic mass is 10.1. The molecule has 1 aliphatic carbocycles. The molecule has 76 valence electrons. The zero-order valence-corrected chi connectivity index (χ0v) is 8.92. The fourth-order valence-electron chi connectivity index (χ4n) is 2.67. The quantitative estimate of drug-likeness (QED) is 0.716. The van der Waals surface area contributed by atoms with Gasteiger partial charge in [-0.15, -0.1) is 0 Å². The van der Waals surface area contributed by atoms with E-state index in [1.165, 1.54) is 38.9 Å². The smallest absolute Gasteiger partial charge is 0.0128 e. The molecule has 2 N–H and O–H groups in total. The molecule has 0 spiro atoms. The first kappa shape index (κ1) is 9.47. The van der Waals surface area contributed by atoms with Crippen molar-refractivity contribution >= 4 is 0 Å². The van der Waals surface area contributed by atoms with Crippen LogP contribution >= 0.6 is 0 Å². The topological polar surface area (TPSA) is 29.3 Å². The number of nitrogens with two attached hydrogens (primary N) is 1. The van der Waals surface area contributed by atoms with Crippen molar-refractivity contribution in [1.82, 2.24) is 4.90 Å². The van der Waals surface area contributed by atoms with Gasteiger partial charge in [0, 0.05) is 6.04 Å². The molecule has 0 radical (unpaired) electrons. The molecular weight excluding hydrogens is 160 g/mol. The van der Waals surface area contributed by atoms with E-state index in [4.69, 9.17) is 5.73 Å². The second-order valence-corrected chi connectivity index (χ2v) is 5.29. The Morgan fingerprint density at radius 2 is 1.85 bits per heavy atom. The zero-order valence-electron chi connectivity index (χ0n) is 8.92. The molecule has 2 aliphatic rings. The highest BCUT2D eigenvalue weighted by atomic mass is 15.1. The second-order valence-electron chi connectivity index (χ2n) is 5.29. The zero-order chi connectivity index (χ0) is 9.47. The van der Waals surface area contributed by atoms with Crippen LogP contribution in [-0.2, 0) is 0 Å². The van der Waals surface area contributed by atoms with Gasteiger partial charge < -0.3 is 10.6 Å². The van der Waals surface area contributed by atoms with Gasteiger partial charge in [-0.3, -0.25) is 0 Å². The molecule has 2 atom stereocenters. The normalized spacial score (nSPS) is 38.1. The number of likely N-dealkylation sites (tertiary alicyclic amines) is 1. The fourth-order valence-corrected chi connectivity index (χ4v) is 2.67. The molecule has 1 saturated carbocycles. The van der Waals surface area contributed by atoms with E-state index < -0.39 is 0 Å². The van der Waals surface area contributed by atoms with Crippen LogP contribution in [0.15, 0.2) is 0 Å². The number of rotatable bonds is 3. The third-order valence-corrected chi connectivity index (χ3v) is 4.09. The third-order valence-electron chi connectivity index (χ3n) is 4.09. The highest BCUT2D eigenvalue weighted by molar-refractivity contribution is 5.08. The van der Waals surface area contributed by atoms with Gasteiger partial charge in [0.25, 0.3) is 0 Å². The Labute approximate surface area is 81.5 Å². The van der Waals surface area contributed by atoms with Gasteiger partial charge in [-0.2, -0.15) is 0 Å². The standard InChI is InChI=1S/C11H22N2/c1-11(2)9(10(11)12)5-8-13-6-3-4-7-13/h9-10H,3-8,12H2,1-2H3/t9-,10-/m0/s1. The SMILES string of the molecule is CC1(C)[C@@H](N)[C@@H]1CCN1CCCC1. The van der Waals surface area contributed by atoms with Crippen molar-refractivity contribution in [2.24, 2.45) is 17.1 Å². The van der Waals surface area contributed by atoms with E-state index in [0.717, 1.165) is 5.92 Å². The van der Waals surface area contributed by atoms with Gasteiger partial charge in [0.1, 0.15) is 0 Å². The predicted octanol–water partition coefficient (Wildman–Crippen LogP) is 1.46. The Morgan fingerprint density at radius 1 is 1.31 bits per heavy atom. The van der Waals surface area contributed by atoms with Crippen molar-refractivity contribution in [3.8, 4) is 0 Å². The summed E-state index contributed by atoms with van der Waals surface area (Å²) in [6, 6.07) is 0.468. The van der Waals surface area contributed by atoms with Crippen LogP contribution in [0.3, 0.4) is 0 Å². The van der Waals surface area contributed by atoms with E-state index in [0.29, 0.717) is 11.5 Å². The molecule has 0 amide bonds. The largest absolute Gasteiger partial charge is 0.327 e. The Morgan fingerprint density at radius 3 is 2.31 bits per heavy atom. The Bertz CT molecular complexity index is 183. The van der Waals surface area contributed by atoms with Gasteiger partial charge in [-0.25, -0.2) is 0 Å². The number of hydrogen-bond donors (Lipinski definition) is 1. The van der Waals surface area contributed by atoms with Crippen LogP contribution in [0, 0.1) is 11.3 Å². The summed E-state index contributed by atoms with van der Waals surface area (Å²) in [5, 5.41) is 0. The van der Waals surface area contributed by atoms with Gasteiger partial charge in [0.15, 0.2) is 0 Å². The predicted molar refractivity (Wildman–Crippen MR) is 55.5 cm³/mol. The lowest BCUT2D eigenvalue weighted by Crippen LogP contribution is -2.21. The van der Waals surface area contributed by atoms with E-state index >= 15 is 0 Å². The first-order valence-electron chi connectivity index (χ1n) is 5.60. The summed E-state index contributed by atoms with van der Waals surface area (Å²) in [7, 11) is 0. The number of hydrogen-bond acceptors (Lipinski definition) is 2. The van der Waals surface area contributed by atoms with Crippen LogP contribution in [0.2, 0.25) is 0 Å². The van der Waals surface area contributed by atoms with E-state index in [2.05, 4.69) is 18.7 Å². The van der Waals surface area contributed by atoms with Crippen molar-refractivity contribution in [3.05, 3.63) is 0 Å². The maximum Gasteiger partial charge on any atom is 0.0128 e. The minimum atomic E-state index is 0.430. The molecule has 1 saturated heterocycles. The molecular formula is C11H22N2. The summed E-state index contributed by atoms with van der Waals surface area (Å²) in [5.41, 5.74) is 6.44. The van der Waals surface area contributed by atoms with Gasteiger partial charge in [0.2, 0.25) is 0 Å².